The predicted molar refractivity (Wildman–Crippen MR) is 120 cm³/mol. The second-order valence-corrected chi connectivity index (χ2v) is 7.61. The van der Waals surface area contributed by atoms with Crippen LogP contribution < -0.4 is 5.43 Å². The van der Waals surface area contributed by atoms with Crippen molar-refractivity contribution in [1.29, 1.82) is 5.26 Å². The summed E-state index contributed by atoms with van der Waals surface area (Å²) in [5, 5.41) is 23.2. The van der Waals surface area contributed by atoms with E-state index < -0.39 is 23.5 Å². The number of phenolic OH excluding ortho intramolecular Hbond substituents is 1. The third-order valence-corrected chi connectivity index (χ3v) is 5.23. The van der Waals surface area contributed by atoms with Gasteiger partial charge in [0.2, 0.25) is 0 Å². The summed E-state index contributed by atoms with van der Waals surface area (Å²) in [5.74, 6) is -1.80. The number of phenols is 1. The van der Waals surface area contributed by atoms with E-state index in [-0.39, 0.29) is 29.0 Å². The average molecular weight is 480 g/mol. The Morgan fingerprint density at radius 1 is 1.14 bits per heavy atom. The van der Waals surface area contributed by atoms with E-state index in [1.807, 2.05) is 0 Å². The third kappa shape index (κ3) is 5.14. The minimum absolute atomic E-state index is 0.0176. The number of hydrogen-bond donors (Lipinski definition) is 2. The van der Waals surface area contributed by atoms with Crippen molar-refractivity contribution in [1.82, 2.24) is 9.99 Å². The monoisotopic (exact) mass is 480 g/mol. The van der Waals surface area contributed by atoms with Gasteiger partial charge in [-0.3, -0.25) is 4.79 Å². The summed E-state index contributed by atoms with van der Waals surface area (Å²) in [6, 6.07) is 15.0. The molecule has 0 aliphatic heterocycles. The maximum Gasteiger partial charge on any atom is 0.416 e. The number of carbonyl (C=O) groups excluding carboxylic acids is 1. The Bertz CT molecular complexity index is 1500. The second-order valence-electron chi connectivity index (χ2n) is 7.61. The standard InChI is InChI=1S/C25H16F4N4O2/c26-20-9-15(8-19(11-20)25(27,28)29)14-33-7-6-21-17(2-1-3-22(21)33)13-31-32-24(35)16-4-5-23(34)18(10-16)12-30/h1-11,13,34H,14H2,(H,32,35)/b31-13+. The van der Waals surface area contributed by atoms with Gasteiger partial charge in [0.25, 0.3) is 5.91 Å². The number of fused-ring (bicyclic) bond motifs is 1. The molecule has 6 nitrogen and oxygen atoms in total. The van der Waals surface area contributed by atoms with Gasteiger partial charge in [0, 0.05) is 34.8 Å². The number of hydrazone groups is 1. The Labute approximate surface area is 196 Å². The van der Waals surface area contributed by atoms with Crippen molar-refractivity contribution in [2.45, 2.75) is 12.7 Å². The van der Waals surface area contributed by atoms with Crippen molar-refractivity contribution in [3.8, 4) is 11.8 Å². The number of aromatic nitrogens is 1. The van der Waals surface area contributed by atoms with Gasteiger partial charge >= 0.3 is 6.18 Å². The number of halogens is 4. The van der Waals surface area contributed by atoms with E-state index in [1.165, 1.54) is 24.4 Å². The quantitative estimate of drug-likeness (QED) is 0.234. The van der Waals surface area contributed by atoms with Gasteiger partial charge in [0.15, 0.2) is 0 Å². The molecule has 0 bridgehead atoms. The predicted octanol–water partition coefficient (Wildman–Crippen LogP) is 5.19. The molecule has 35 heavy (non-hydrogen) atoms. The summed E-state index contributed by atoms with van der Waals surface area (Å²) in [6.45, 7) is 0.0176. The van der Waals surface area contributed by atoms with Crippen LogP contribution in [0.3, 0.4) is 0 Å². The average Bonchev–Trinajstić information content (AvgIpc) is 3.22. The van der Waals surface area contributed by atoms with Gasteiger partial charge in [-0.1, -0.05) is 12.1 Å². The fraction of sp³-hybridized carbons (Fsp3) is 0.0800. The molecule has 0 saturated carbocycles. The SMILES string of the molecule is N#Cc1cc(C(=O)N/N=C/c2cccc3c2ccn3Cc2cc(F)cc(C(F)(F)F)c2)ccc1O. The van der Waals surface area contributed by atoms with Crippen molar-refractivity contribution >= 4 is 23.0 Å². The number of nitrogens with zero attached hydrogens (tertiary/aromatic N) is 3. The topological polar surface area (TPSA) is 90.4 Å². The Kier molecular flexibility index (Phi) is 6.25. The minimum Gasteiger partial charge on any atom is -0.507 e. The van der Waals surface area contributed by atoms with Gasteiger partial charge in [-0.2, -0.15) is 23.5 Å². The summed E-state index contributed by atoms with van der Waals surface area (Å²) in [6.07, 6.45) is -1.58. The molecule has 0 unspecified atom stereocenters. The highest BCUT2D eigenvalue weighted by molar-refractivity contribution is 6.00. The zero-order chi connectivity index (χ0) is 25.2. The number of amides is 1. The summed E-state index contributed by atoms with van der Waals surface area (Å²) in [5.41, 5.74) is 2.83. The maximum atomic E-state index is 13.8. The molecule has 0 saturated heterocycles. The van der Waals surface area contributed by atoms with E-state index in [0.717, 1.165) is 12.1 Å². The zero-order valence-electron chi connectivity index (χ0n) is 17.8. The number of rotatable bonds is 5. The highest BCUT2D eigenvalue weighted by atomic mass is 19.4. The summed E-state index contributed by atoms with van der Waals surface area (Å²) < 4.78 is 54.5. The number of nitriles is 1. The second kappa shape index (κ2) is 9.30. The summed E-state index contributed by atoms with van der Waals surface area (Å²) in [4.78, 5) is 12.3. The number of aromatic hydroxyl groups is 1. The molecule has 10 heteroatoms. The normalized spacial score (nSPS) is 11.6. The smallest absolute Gasteiger partial charge is 0.416 e. The van der Waals surface area contributed by atoms with Crippen LogP contribution in [0.5, 0.6) is 5.75 Å². The van der Waals surface area contributed by atoms with Crippen molar-refractivity contribution in [2.24, 2.45) is 5.10 Å². The van der Waals surface area contributed by atoms with Crippen LogP contribution in [0.2, 0.25) is 0 Å². The molecule has 0 fully saturated rings. The Morgan fingerprint density at radius 3 is 2.69 bits per heavy atom. The molecule has 0 radical (unpaired) electrons. The van der Waals surface area contributed by atoms with Gasteiger partial charge in [0.1, 0.15) is 17.6 Å². The first kappa shape index (κ1) is 23.5. The summed E-state index contributed by atoms with van der Waals surface area (Å²) >= 11 is 0. The molecule has 176 valence electrons. The van der Waals surface area contributed by atoms with Gasteiger partial charge in [-0.15, -0.1) is 0 Å². The molecule has 1 heterocycles. The highest BCUT2D eigenvalue weighted by Gasteiger charge is 2.31. The van der Waals surface area contributed by atoms with Gasteiger partial charge in [-0.05, 0) is 54.1 Å². The van der Waals surface area contributed by atoms with Crippen LogP contribution in [-0.2, 0) is 12.7 Å². The number of nitrogens with one attached hydrogen (secondary N) is 1. The zero-order valence-corrected chi connectivity index (χ0v) is 17.8. The van der Waals surface area contributed by atoms with Crippen molar-refractivity contribution in [3.63, 3.8) is 0 Å². The molecule has 4 aromatic rings. The lowest BCUT2D eigenvalue weighted by atomic mass is 10.1. The van der Waals surface area contributed by atoms with Crippen LogP contribution in [0, 0.1) is 17.1 Å². The van der Waals surface area contributed by atoms with Crippen LogP contribution in [0.4, 0.5) is 17.6 Å². The van der Waals surface area contributed by atoms with Crippen molar-refractivity contribution in [2.75, 3.05) is 0 Å². The first-order valence-corrected chi connectivity index (χ1v) is 10.2. The molecule has 3 aromatic carbocycles. The number of hydrogen-bond acceptors (Lipinski definition) is 4. The van der Waals surface area contributed by atoms with Gasteiger partial charge in [0.05, 0.1) is 17.3 Å². The molecule has 2 N–H and O–H groups in total. The molecule has 0 spiro atoms. The molecule has 0 aliphatic rings. The Balaban J connectivity index is 1.55. The van der Waals surface area contributed by atoms with E-state index in [2.05, 4.69) is 10.5 Å². The first-order chi connectivity index (χ1) is 16.7. The Morgan fingerprint density at radius 2 is 1.94 bits per heavy atom. The molecule has 1 amide bonds. The van der Waals surface area contributed by atoms with E-state index in [4.69, 9.17) is 5.26 Å². The first-order valence-electron chi connectivity index (χ1n) is 10.2. The molecule has 0 aliphatic carbocycles. The lowest BCUT2D eigenvalue weighted by molar-refractivity contribution is -0.137. The largest absolute Gasteiger partial charge is 0.507 e. The van der Waals surface area contributed by atoms with Crippen LogP contribution in [0.1, 0.15) is 32.6 Å². The fourth-order valence-corrected chi connectivity index (χ4v) is 3.59. The maximum absolute atomic E-state index is 13.8. The molecule has 0 atom stereocenters. The van der Waals surface area contributed by atoms with Crippen molar-refractivity contribution in [3.05, 3.63) is 100 Å². The van der Waals surface area contributed by atoms with Gasteiger partial charge in [-0.25, -0.2) is 9.82 Å². The van der Waals surface area contributed by atoms with Gasteiger partial charge < -0.3 is 9.67 Å². The summed E-state index contributed by atoms with van der Waals surface area (Å²) in [7, 11) is 0. The van der Waals surface area contributed by atoms with Crippen LogP contribution >= 0.6 is 0 Å². The van der Waals surface area contributed by atoms with Crippen LogP contribution in [-0.4, -0.2) is 21.8 Å². The lowest BCUT2D eigenvalue weighted by Crippen LogP contribution is -2.17. The molecule has 4 rings (SSSR count). The molecular weight excluding hydrogens is 464 g/mol. The van der Waals surface area contributed by atoms with E-state index in [9.17, 15) is 27.5 Å². The molecular formula is C25H16F4N4O2. The highest BCUT2D eigenvalue weighted by Crippen LogP contribution is 2.31. The lowest BCUT2D eigenvalue weighted by Gasteiger charge is -2.11. The fourth-order valence-electron chi connectivity index (χ4n) is 3.59. The van der Waals surface area contributed by atoms with Crippen LogP contribution in [0.25, 0.3) is 10.9 Å². The van der Waals surface area contributed by atoms with Crippen molar-refractivity contribution < 1.29 is 27.5 Å². The molecule has 1 aromatic heterocycles. The Hall–Kier alpha value is -4.65. The van der Waals surface area contributed by atoms with E-state index in [0.29, 0.717) is 22.5 Å². The number of carbonyl (C=O) groups is 1. The van der Waals surface area contributed by atoms with E-state index >= 15 is 0 Å². The minimum atomic E-state index is -4.65. The van der Waals surface area contributed by atoms with Crippen LogP contribution in [0.15, 0.2) is 72.0 Å². The third-order valence-electron chi connectivity index (χ3n) is 5.23. The number of alkyl halides is 3. The van der Waals surface area contributed by atoms with E-state index in [1.54, 1.807) is 41.1 Å². The number of benzene rings is 3.